The van der Waals surface area contributed by atoms with Gasteiger partial charge in [0, 0.05) is 6.54 Å². The van der Waals surface area contributed by atoms with Gasteiger partial charge in [-0.2, -0.15) is 4.98 Å². The number of hydrogen-bond donors (Lipinski definition) is 3. The number of aromatic amines is 1. The van der Waals surface area contributed by atoms with Crippen molar-refractivity contribution in [1.82, 2.24) is 14.9 Å². The normalized spacial score (nSPS) is 15.2. The lowest BCUT2D eigenvalue weighted by atomic mass is 9.90. The summed E-state index contributed by atoms with van der Waals surface area (Å²) >= 11 is 0. The molecule has 4 rings (SSSR count). The Labute approximate surface area is 177 Å². The van der Waals surface area contributed by atoms with E-state index in [1.54, 1.807) is 0 Å². The number of hydrogen-bond acceptors (Lipinski definition) is 7. The number of ether oxygens (including phenoxy) is 2. The highest BCUT2D eigenvalue weighted by Crippen LogP contribution is 2.44. The molecule has 1 aromatic heterocycles. The van der Waals surface area contributed by atoms with Crippen LogP contribution < -0.4 is 26.2 Å². The second kappa shape index (κ2) is 11.0. The summed E-state index contributed by atoms with van der Waals surface area (Å²) in [5, 5.41) is 3.14. The standard InChI is InChI=1S/C15H18N4O3.C7H15N/c1-19(2)7-4-8-21-10-5-3-6-11-13(10)17-14-12(22-11)9-16-15(20)18-14;8-6-7-4-2-1-3-5-7/h3,5-6,9H,4,7-8H2,1-2H3,(H2,16,17,18,20);7H,1-6,8H2. The molecule has 1 saturated carbocycles. The molecule has 0 atom stereocenters. The summed E-state index contributed by atoms with van der Waals surface area (Å²) in [6.07, 6.45) is 9.37. The van der Waals surface area contributed by atoms with Gasteiger partial charge in [-0.1, -0.05) is 25.3 Å². The Hall–Kier alpha value is -2.58. The molecule has 0 amide bonds. The fraction of sp³-hybridized carbons (Fsp3) is 0.545. The molecule has 1 fully saturated rings. The minimum absolute atomic E-state index is 0.428. The zero-order valence-corrected chi connectivity index (χ0v) is 17.9. The first-order chi connectivity index (χ1) is 14.6. The maximum atomic E-state index is 11.3. The number of fused-ring (bicyclic) bond motifs is 2. The highest BCUT2D eigenvalue weighted by atomic mass is 16.5. The number of H-pyrrole nitrogens is 1. The monoisotopic (exact) mass is 415 g/mol. The Morgan fingerprint density at radius 1 is 1.23 bits per heavy atom. The summed E-state index contributed by atoms with van der Waals surface area (Å²) in [5.41, 5.74) is 5.79. The van der Waals surface area contributed by atoms with Crippen molar-refractivity contribution in [1.29, 1.82) is 0 Å². The van der Waals surface area contributed by atoms with Crippen molar-refractivity contribution in [2.45, 2.75) is 38.5 Å². The summed E-state index contributed by atoms with van der Waals surface area (Å²) in [6.45, 7) is 2.48. The molecule has 8 nitrogen and oxygen atoms in total. The minimum atomic E-state index is -0.428. The van der Waals surface area contributed by atoms with Crippen LogP contribution in [-0.4, -0.2) is 48.7 Å². The third-order valence-corrected chi connectivity index (χ3v) is 5.30. The average molecular weight is 416 g/mol. The van der Waals surface area contributed by atoms with Crippen LogP contribution >= 0.6 is 0 Å². The molecule has 30 heavy (non-hydrogen) atoms. The van der Waals surface area contributed by atoms with Crippen LogP contribution in [0, 0.1) is 5.92 Å². The van der Waals surface area contributed by atoms with Crippen molar-refractivity contribution in [3.8, 4) is 17.2 Å². The van der Waals surface area contributed by atoms with E-state index in [0.29, 0.717) is 35.4 Å². The van der Waals surface area contributed by atoms with Crippen LogP contribution in [0.5, 0.6) is 17.2 Å². The van der Waals surface area contributed by atoms with E-state index in [0.717, 1.165) is 25.4 Å². The van der Waals surface area contributed by atoms with E-state index in [-0.39, 0.29) is 0 Å². The van der Waals surface area contributed by atoms with Crippen molar-refractivity contribution in [2.24, 2.45) is 11.7 Å². The number of para-hydroxylation sites is 1. The second-order valence-electron chi connectivity index (χ2n) is 8.03. The molecule has 0 unspecified atom stereocenters. The Kier molecular flexibility index (Phi) is 8.10. The van der Waals surface area contributed by atoms with E-state index >= 15 is 0 Å². The van der Waals surface area contributed by atoms with Crippen LogP contribution in [0.4, 0.5) is 11.5 Å². The second-order valence-corrected chi connectivity index (χ2v) is 8.03. The summed E-state index contributed by atoms with van der Waals surface area (Å²) < 4.78 is 11.6. The van der Waals surface area contributed by atoms with E-state index in [4.69, 9.17) is 15.2 Å². The van der Waals surface area contributed by atoms with Gasteiger partial charge in [-0.3, -0.25) is 4.98 Å². The molecule has 1 aromatic carbocycles. The number of anilines is 2. The van der Waals surface area contributed by atoms with E-state index in [2.05, 4.69) is 20.2 Å². The predicted molar refractivity (Wildman–Crippen MR) is 119 cm³/mol. The lowest BCUT2D eigenvalue weighted by Crippen LogP contribution is -2.17. The number of nitrogens with two attached hydrogens (primary N) is 1. The van der Waals surface area contributed by atoms with Gasteiger partial charge in [0.1, 0.15) is 11.4 Å². The lowest BCUT2D eigenvalue weighted by Gasteiger charge is -2.23. The van der Waals surface area contributed by atoms with Crippen molar-refractivity contribution < 1.29 is 9.47 Å². The number of nitrogens with zero attached hydrogens (tertiary/aromatic N) is 2. The first-order valence-electron chi connectivity index (χ1n) is 10.7. The summed E-state index contributed by atoms with van der Waals surface area (Å²) in [6, 6.07) is 5.57. The third kappa shape index (κ3) is 6.21. The van der Waals surface area contributed by atoms with E-state index in [1.807, 2.05) is 32.3 Å². The van der Waals surface area contributed by atoms with E-state index in [9.17, 15) is 4.79 Å². The highest BCUT2D eigenvalue weighted by Gasteiger charge is 2.21. The fourth-order valence-electron chi connectivity index (χ4n) is 3.62. The third-order valence-electron chi connectivity index (χ3n) is 5.30. The van der Waals surface area contributed by atoms with Crippen LogP contribution in [0.15, 0.2) is 29.2 Å². The summed E-state index contributed by atoms with van der Waals surface area (Å²) in [4.78, 5) is 19.7. The van der Waals surface area contributed by atoms with Gasteiger partial charge in [0.15, 0.2) is 17.3 Å². The molecule has 0 bridgehead atoms. The van der Waals surface area contributed by atoms with Crippen LogP contribution in [0.2, 0.25) is 0 Å². The van der Waals surface area contributed by atoms with Gasteiger partial charge in [0.2, 0.25) is 0 Å². The number of nitrogens with one attached hydrogen (secondary N) is 2. The van der Waals surface area contributed by atoms with Gasteiger partial charge in [-0.25, -0.2) is 4.79 Å². The molecule has 0 radical (unpaired) electrons. The molecular weight excluding hydrogens is 382 g/mol. The topological polar surface area (TPSA) is 106 Å². The molecule has 2 heterocycles. The van der Waals surface area contributed by atoms with Gasteiger partial charge >= 0.3 is 5.69 Å². The SMILES string of the molecule is CN(C)CCCOc1cccc2c1Nc1[nH]c(=O)ncc1O2.NCC1CCCCC1. The maximum absolute atomic E-state index is 11.3. The van der Waals surface area contributed by atoms with Gasteiger partial charge in [0.05, 0.1) is 12.8 Å². The van der Waals surface area contributed by atoms with Crippen LogP contribution in [-0.2, 0) is 0 Å². The molecule has 164 valence electrons. The van der Waals surface area contributed by atoms with Gasteiger partial charge in [0.25, 0.3) is 0 Å². The smallest absolute Gasteiger partial charge is 0.346 e. The molecule has 4 N–H and O–H groups in total. The molecule has 1 aliphatic heterocycles. The number of rotatable bonds is 6. The Morgan fingerprint density at radius 3 is 2.73 bits per heavy atom. The van der Waals surface area contributed by atoms with Gasteiger partial charge < -0.3 is 25.4 Å². The average Bonchev–Trinajstić information content (AvgIpc) is 2.76. The van der Waals surface area contributed by atoms with Crippen molar-refractivity contribution in [2.75, 3.05) is 39.1 Å². The number of benzene rings is 1. The molecule has 2 aliphatic rings. The van der Waals surface area contributed by atoms with Gasteiger partial charge in [-0.15, -0.1) is 0 Å². The summed E-state index contributed by atoms with van der Waals surface area (Å²) in [7, 11) is 4.06. The fourth-order valence-corrected chi connectivity index (χ4v) is 3.62. The van der Waals surface area contributed by atoms with Crippen LogP contribution in [0.3, 0.4) is 0 Å². The first-order valence-corrected chi connectivity index (χ1v) is 10.7. The first kappa shape index (κ1) is 22.1. The van der Waals surface area contributed by atoms with Gasteiger partial charge in [-0.05, 0) is 58.0 Å². The molecule has 8 heteroatoms. The van der Waals surface area contributed by atoms with Crippen LogP contribution in [0.25, 0.3) is 0 Å². The minimum Gasteiger partial charge on any atom is -0.491 e. The Morgan fingerprint density at radius 2 is 2.03 bits per heavy atom. The summed E-state index contributed by atoms with van der Waals surface area (Å²) in [5.74, 6) is 3.17. The van der Waals surface area contributed by atoms with E-state index in [1.165, 1.54) is 38.3 Å². The van der Waals surface area contributed by atoms with Crippen molar-refractivity contribution in [3.63, 3.8) is 0 Å². The zero-order valence-electron chi connectivity index (χ0n) is 17.9. The predicted octanol–water partition coefficient (Wildman–Crippen LogP) is 3.48. The maximum Gasteiger partial charge on any atom is 0.346 e. The zero-order chi connectivity index (χ0) is 21.3. The van der Waals surface area contributed by atoms with Crippen LogP contribution in [0.1, 0.15) is 38.5 Å². The van der Waals surface area contributed by atoms with E-state index < -0.39 is 5.69 Å². The number of aromatic nitrogens is 2. The lowest BCUT2D eigenvalue weighted by molar-refractivity contribution is 0.282. The van der Waals surface area contributed by atoms with Crippen molar-refractivity contribution >= 4 is 11.5 Å². The molecule has 0 saturated heterocycles. The molecule has 0 spiro atoms. The van der Waals surface area contributed by atoms with Crippen molar-refractivity contribution in [3.05, 3.63) is 34.9 Å². The molecule has 1 aliphatic carbocycles. The molecule has 2 aromatic rings. The largest absolute Gasteiger partial charge is 0.491 e. The Balaban J connectivity index is 0.000000269. The Bertz CT molecular complexity index is 862. The molecular formula is C22H33N5O3. The highest BCUT2D eigenvalue weighted by molar-refractivity contribution is 5.77. The quantitative estimate of drug-likeness (QED) is 0.529.